The molecule has 2 rings (SSSR count). The molecule has 1 fully saturated rings. The van der Waals surface area contributed by atoms with E-state index in [-0.39, 0.29) is 24.6 Å². The van der Waals surface area contributed by atoms with Gasteiger partial charge in [0.25, 0.3) is 0 Å². The lowest BCUT2D eigenvalue weighted by molar-refractivity contribution is -0.120. The minimum absolute atomic E-state index is 0.0217. The van der Waals surface area contributed by atoms with Crippen molar-refractivity contribution in [2.75, 3.05) is 26.2 Å². The van der Waals surface area contributed by atoms with Crippen LogP contribution in [0, 0.1) is 0 Å². The molecular formula is C16H23N3O3. The van der Waals surface area contributed by atoms with Crippen molar-refractivity contribution in [3.05, 3.63) is 35.9 Å². The summed E-state index contributed by atoms with van der Waals surface area (Å²) >= 11 is 0. The topological polar surface area (TPSA) is 79.5 Å². The number of ether oxygens (including phenoxy) is 1. The highest BCUT2D eigenvalue weighted by atomic mass is 16.5. The van der Waals surface area contributed by atoms with Gasteiger partial charge in [0.2, 0.25) is 5.91 Å². The number of carbonyl (C=O) groups is 2. The van der Waals surface area contributed by atoms with Gasteiger partial charge in [0, 0.05) is 19.7 Å². The summed E-state index contributed by atoms with van der Waals surface area (Å²) in [5.74, 6) is -0.191. The van der Waals surface area contributed by atoms with Gasteiger partial charge >= 0.3 is 6.03 Å². The molecule has 120 valence electrons. The van der Waals surface area contributed by atoms with Crippen molar-refractivity contribution in [1.29, 1.82) is 0 Å². The zero-order valence-corrected chi connectivity index (χ0v) is 12.6. The van der Waals surface area contributed by atoms with E-state index in [0.717, 1.165) is 25.9 Å². The van der Waals surface area contributed by atoms with E-state index in [4.69, 9.17) is 4.74 Å². The van der Waals surface area contributed by atoms with E-state index in [1.165, 1.54) is 5.56 Å². The van der Waals surface area contributed by atoms with Gasteiger partial charge < -0.3 is 20.7 Å². The minimum Gasteiger partial charge on any atom is -0.376 e. The van der Waals surface area contributed by atoms with Gasteiger partial charge in [0.15, 0.2) is 0 Å². The molecule has 3 N–H and O–H groups in total. The summed E-state index contributed by atoms with van der Waals surface area (Å²) in [5.41, 5.74) is 1.17. The third-order valence-corrected chi connectivity index (χ3v) is 3.50. The van der Waals surface area contributed by atoms with Gasteiger partial charge in [-0.25, -0.2) is 4.79 Å². The molecule has 1 heterocycles. The van der Waals surface area contributed by atoms with Gasteiger partial charge in [-0.1, -0.05) is 30.3 Å². The summed E-state index contributed by atoms with van der Waals surface area (Å²) in [6, 6.07) is 9.59. The predicted octanol–water partition coefficient (Wildman–Crippen LogP) is 0.824. The lowest BCUT2D eigenvalue weighted by Crippen LogP contribution is -2.44. The summed E-state index contributed by atoms with van der Waals surface area (Å²) in [6.45, 7) is 1.79. The quantitative estimate of drug-likeness (QED) is 0.698. The van der Waals surface area contributed by atoms with Crippen LogP contribution in [0.1, 0.15) is 18.4 Å². The van der Waals surface area contributed by atoms with Crippen molar-refractivity contribution in [2.45, 2.75) is 25.4 Å². The molecule has 0 radical (unpaired) electrons. The van der Waals surface area contributed by atoms with Crippen LogP contribution in [-0.4, -0.2) is 44.3 Å². The Kier molecular flexibility index (Phi) is 6.70. The number of urea groups is 1. The number of carbonyl (C=O) groups excluding carboxylic acids is 2. The third kappa shape index (κ3) is 6.13. The van der Waals surface area contributed by atoms with E-state index in [2.05, 4.69) is 16.0 Å². The van der Waals surface area contributed by atoms with E-state index < -0.39 is 0 Å². The second kappa shape index (κ2) is 9.04. The molecule has 3 amide bonds. The van der Waals surface area contributed by atoms with Crippen LogP contribution < -0.4 is 16.0 Å². The average molecular weight is 305 g/mol. The standard InChI is InChI=1S/C16H23N3O3/c20-15(17-9-8-13-5-2-1-3-6-13)12-19-16(21)18-11-14-7-4-10-22-14/h1-3,5-6,14H,4,7-12H2,(H,17,20)(H2,18,19,21)/t14-/m1/s1. The molecule has 22 heavy (non-hydrogen) atoms. The molecule has 0 spiro atoms. The predicted molar refractivity (Wildman–Crippen MR) is 83.5 cm³/mol. The van der Waals surface area contributed by atoms with Crippen LogP contribution in [0.3, 0.4) is 0 Å². The fourth-order valence-electron chi connectivity index (χ4n) is 2.29. The number of benzene rings is 1. The lowest BCUT2D eigenvalue weighted by Gasteiger charge is -2.11. The van der Waals surface area contributed by atoms with Crippen molar-refractivity contribution >= 4 is 11.9 Å². The smallest absolute Gasteiger partial charge is 0.315 e. The van der Waals surface area contributed by atoms with Gasteiger partial charge in [-0.15, -0.1) is 0 Å². The fraction of sp³-hybridized carbons (Fsp3) is 0.500. The molecule has 1 saturated heterocycles. The van der Waals surface area contributed by atoms with Gasteiger partial charge in [-0.3, -0.25) is 4.79 Å². The molecule has 1 aromatic carbocycles. The molecule has 1 aliphatic heterocycles. The molecule has 6 heteroatoms. The summed E-state index contributed by atoms with van der Waals surface area (Å²) < 4.78 is 5.40. The molecule has 1 aromatic rings. The van der Waals surface area contributed by atoms with Gasteiger partial charge in [0.1, 0.15) is 0 Å². The first-order valence-electron chi connectivity index (χ1n) is 7.68. The van der Waals surface area contributed by atoms with Gasteiger partial charge in [-0.2, -0.15) is 0 Å². The number of hydrogen-bond acceptors (Lipinski definition) is 3. The van der Waals surface area contributed by atoms with Crippen LogP contribution in [0.2, 0.25) is 0 Å². The first-order chi connectivity index (χ1) is 10.7. The maximum atomic E-state index is 11.6. The molecule has 1 aliphatic rings. The number of rotatable bonds is 7. The van der Waals surface area contributed by atoms with Crippen molar-refractivity contribution < 1.29 is 14.3 Å². The van der Waals surface area contributed by atoms with E-state index in [0.29, 0.717) is 13.1 Å². The summed E-state index contributed by atoms with van der Waals surface area (Å²) in [4.78, 5) is 23.2. The van der Waals surface area contributed by atoms with E-state index in [9.17, 15) is 9.59 Å². The first kappa shape index (κ1) is 16.3. The number of nitrogens with one attached hydrogen (secondary N) is 3. The zero-order chi connectivity index (χ0) is 15.6. The first-order valence-corrected chi connectivity index (χ1v) is 7.68. The molecular weight excluding hydrogens is 282 g/mol. The van der Waals surface area contributed by atoms with Gasteiger partial charge in [0.05, 0.1) is 12.6 Å². The highest BCUT2D eigenvalue weighted by Gasteiger charge is 2.16. The molecule has 0 saturated carbocycles. The molecule has 0 bridgehead atoms. The van der Waals surface area contributed by atoms with E-state index in [1.807, 2.05) is 30.3 Å². The molecule has 1 atom stereocenters. The van der Waals surface area contributed by atoms with Crippen LogP contribution in [0.15, 0.2) is 30.3 Å². The third-order valence-electron chi connectivity index (χ3n) is 3.50. The van der Waals surface area contributed by atoms with Gasteiger partial charge in [-0.05, 0) is 24.8 Å². The Morgan fingerprint density at radius 2 is 1.95 bits per heavy atom. The second-order valence-electron chi connectivity index (χ2n) is 5.28. The average Bonchev–Trinajstić information content (AvgIpc) is 3.05. The number of hydrogen-bond donors (Lipinski definition) is 3. The van der Waals surface area contributed by atoms with Crippen LogP contribution >= 0.6 is 0 Å². The molecule has 0 unspecified atom stereocenters. The Bertz CT molecular complexity index is 473. The summed E-state index contributed by atoms with van der Waals surface area (Å²) in [6.07, 6.45) is 2.89. The molecule has 6 nitrogen and oxygen atoms in total. The monoisotopic (exact) mass is 305 g/mol. The Hall–Kier alpha value is -2.08. The maximum Gasteiger partial charge on any atom is 0.315 e. The highest BCUT2D eigenvalue weighted by Crippen LogP contribution is 2.10. The summed E-state index contributed by atoms with van der Waals surface area (Å²) in [7, 11) is 0. The van der Waals surface area contributed by atoms with Crippen LogP contribution in [0.4, 0.5) is 4.79 Å². The molecule has 0 aliphatic carbocycles. The zero-order valence-electron chi connectivity index (χ0n) is 12.6. The van der Waals surface area contributed by atoms with Crippen LogP contribution in [0.25, 0.3) is 0 Å². The van der Waals surface area contributed by atoms with E-state index >= 15 is 0 Å². The Balaban J connectivity index is 1.52. The van der Waals surface area contributed by atoms with Crippen molar-refractivity contribution in [3.63, 3.8) is 0 Å². The Labute approximate surface area is 130 Å². The van der Waals surface area contributed by atoms with Crippen molar-refractivity contribution in [3.8, 4) is 0 Å². The van der Waals surface area contributed by atoms with Crippen molar-refractivity contribution in [2.24, 2.45) is 0 Å². The SMILES string of the molecule is O=C(CNC(=O)NC[C@H]1CCCO1)NCCc1ccccc1. The van der Waals surface area contributed by atoms with Crippen molar-refractivity contribution in [1.82, 2.24) is 16.0 Å². The Morgan fingerprint density at radius 1 is 1.14 bits per heavy atom. The Morgan fingerprint density at radius 3 is 2.68 bits per heavy atom. The number of amides is 3. The fourth-order valence-corrected chi connectivity index (χ4v) is 2.29. The summed E-state index contributed by atoms with van der Waals surface area (Å²) in [5, 5.41) is 8.02. The second-order valence-corrected chi connectivity index (χ2v) is 5.28. The maximum absolute atomic E-state index is 11.6. The highest BCUT2D eigenvalue weighted by molar-refractivity contribution is 5.83. The largest absolute Gasteiger partial charge is 0.376 e. The van der Waals surface area contributed by atoms with E-state index in [1.54, 1.807) is 0 Å². The van der Waals surface area contributed by atoms with Crippen LogP contribution in [-0.2, 0) is 16.0 Å². The molecule has 0 aromatic heterocycles. The van der Waals surface area contributed by atoms with Crippen LogP contribution in [0.5, 0.6) is 0 Å². The lowest BCUT2D eigenvalue weighted by atomic mass is 10.1. The minimum atomic E-state index is -0.339. The normalized spacial score (nSPS) is 17.0.